The molecular formula is C26H29Cl3N4O2. The predicted molar refractivity (Wildman–Crippen MR) is 142 cm³/mol. The monoisotopic (exact) mass is 534 g/mol. The standard InChI is InChI=1S/C26H27ClN4O2.2ClH/c1-15-10-21(32)23-22(15)25(30-14-29-23)31-13-26(18-4-2-3-5-20(18)31)11-19(28-12-26)24(33)16-6-8-17(27)9-7-16;;/h2-9,14-15,19,21,24,28,32-33H,10-13H2,1H3;2*1H/t15-,19+,21-,24+,26+;;/m1../s1. The lowest BCUT2D eigenvalue weighted by molar-refractivity contribution is 0.135. The Hall–Kier alpha value is -1.93. The van der Waals surface area contributed by atoms with Crippen molar-refractivity contribution in [2.75, 3.05) is 18.0 Å². The van der Waals surface area contributed by atoms with E-state index >= 15 is 0 Å². The Morgan fingerprint density at radius 3 is 2.63 bits per heavy atom. The van der Waals surface area contributed by atoms with Gasteiger partial charge in [-0.3, -0.25) is 0 Å². The third-order valence-electron chi connectivity index (χ3n) is 7.67. The summed E-state index contributed by atoms with van der Waals surface area (Å²) in [6, 6.07) is 15.9. The lowest BCUT2D eigenvalue weighted by Gasteiger charge is -2.27. The Bertz CT molecular complexity index is 1210. The first-order chi connectivity index (χ1) is 16.0. The molecule has 2 aliphatic heterocycles. The molecular weight excluding hydrogens is 507 g/mol. The van der Waals surface area contributed by atoms with E-state index in [1.807, 2.05) is 24.3 Å². The molecule has 0 saturated carbocycles. The number of para-hydroxylation sites is 1. The van der Waals surface area contributed by atoms with Gasteiger partial charge in [0.15, 0.2) is 0 Å². The highest BCUT2D eigenvalue weighted by Crippen LogP contribution is 2.52. The van der Waals surface area contributed by atoms with Gasteiger partial charge in [-0.2, -0.15) is 0 Å². The van der Waals surface area contributed by atoms with Crippen LogP contribution in [0.1, 0.15) is 60.3 Å². The fourth-order valence-electron chi connectivity index (χ4n) is 6.07. The van der Waals surface area contributed by atoms with Gasteiger partial charge in [0.25, 0.3) is 0 Å². The average Bonchev–Trinajstić information content (AvgIpc) is 3.49. The van der Waals surface area contributed by atoms with Crippen LogP contribution in [0.2, 0.25) is 5.02 Å². The summed E-state index contributed by atoms with van der Waals surface area (Å²) in [5.41, 5.74) is 4.98. The van der Waals surface area contributed by atoms with Crippen LogP contribution in [0.15, 0.2) is 54.9 Å². The number of aliphatic hydroxyl groups is 2. The van der Waals surface area contributed by atoms with Crippen LogP contribution >= 0.6 is 36.4 Å². The van der Waals surface area contributed by atoms with Crippen molar-refractivity contribution in [3.63, 3.8) is 0 Å². The van der Waals surface area contributed by atoms with Crippen molar-refractivity contribution in [2.45, 2.75) is 49.3 Å². The zero-order valence-electron chi connectivity index (χ0n) is 19.3. The Labute approximate surface area is 222 Å². The van der Waals surface area contributed by atoms with Crippen molar-refractivity contribution in [1.29, 1.82) is 0 Å². The fraction of sp³-hybridized carbons (Fsp3) is 0.385. The quantitative estimate of drug-likeness (QED) is 0.438. The molecule has 6 nitrogen and oxygen atoms in total. The van der Waals surface area contributed by atoms with Gasteiger partial charge in [0.1, 0.15) is 12.1 Å². The fourth-order valence-corrected chi connectivity index (χ4v) is 6.20. The topological polar surface area (TPSA) is 81.5 Å². The Balaban J connectivity index is 0.00000144. The molecule has 2 aromatic carbocycles. The first-order valence-corrected chi connectivity index (χ1v) is 11.9. The molecule has 3 N–H and O–H groups in total. The van der Waals surface area contributed by atoms with E-state index in [2.05, 4.69) is 46.4 Å². The Morgan fingerprint density at radius 2 is 1.86 bits per heavy atom. The SMILES string of the molecule is C[C@@H]1C[C@@H](O)c2ncnc(N3C[C@]4(CN[C@H]([C@@H](O)c5ccc(Cl)cc5)C4)c4ccccc43)c21.Cl.Cl. The maximum Gasteiger partial charge on any atom is 0.140 e. The number of anilines is 2. The van der Waals surface area contributed by atoms with E-state index in [1.54, 1.807) is 6.33 Å². The first kappa shape index (κ1) is 26.1. The lowest BCUT2D eigenvalue weighted by Crippen LogP contribution is -2.34. The van der Waals surface area contributed by atoms with Crippen LogP contribution in [0.5, 0.6) is 0 Å². The molecule has 35 heavy (non-hydrogen) atoms. The first-order valence-electron chi connectivity index (χ1n) is 11.5. The summed E-state index contributed by atoms with van der Waals surface area (Å²) in [5.74, 6) is 1.10. The molecule has 3 heterocycles. The van der Waals surface area contributed by atoms with E-state index in [4.69, 9.17) is 16.6 Å². The number of fused-ring (bicyclic) bond motifs is 3. The summed E-state index contributed by atoms with van der Waals surface area (Å²) in [5, 5.41) is 25.9. The molecule has 0 unspecified atom stereocenters. The van der Waals surface area contributed by atoms with Crippen LogP contribution in [0.3, 0.4) is 0 Å². The van der Waals surface area contributed by atoms with Gasteiger partial charge in [-0.05, 0) is 48.1 Å². The van der Waals surface area contributed by atoms with Gasteiger partial charge in [-0.1, -0.05) is 48.9 Å². The van der Waals surface area contributed by atoms with Crippen LogP contribution < -0.4 is 10.2 Å². The highest BCUT2D eigenvalue weighted by atomic mass is 35.5. The van der Waals surface area contributed by atoms with E-state index < -0.39 is 12.2 Å². The van der Waals surface area contributed by atoms with Crippen LogP contribution in [0.25, 0.3) is 0 Å². The van der Waals surface area contributed by atoms with Crippen LogP contribution in [0, 0.1) is 0 Å². The van der Waals surface area contributed by atoms with Crippen molar-refractivity contribution in [3.05, 3.63) is 82.3 Å². The molecule has 0 bridgehead atoms. The van der Waals surface area contributed by atoms with Crippen molar-refractivity contribution in [3.8, 4) is 0 Å². The third-order valence-corrected chi connectivity index (χ3v) is 7.92. The minimum atomic E-state index is -0.610. The van der Waals surface area contributed by atoms with E-state index in [9.17, 15) is 10.2 Å². The van der Waals surface area contributed by atoms with Crippen LogP contribution in [-0.2, 0) is 5.41 Å². The number of aliphatic hydroxyl groups excluding tert-OH is 2. The molecule has 5 atom stereocenters. The molecule has 1 spiro atoms. The second kappa shape index (κ2) is 9.85. The summed E-state index contributed by atoms with van der Waals surface area (Å²) >= 11 is 6.04. The molecule has 1 aromatic heterocycles. The number of aromatic nitrogens is 2. The Morgan fingerprint density at radius 1 is 1.11 bits per heavy atom. The molecule has 1 fully saturated rings. The lowest BCUT2D eigenvalue weighted by atomic mass is 9.79. The minimum Gasteiger partial charge on any atom is -0.387 e. The maximum absolute atomic E-state index is 11.1. The van der Waals surface area contributed by atoms with E-state index in [0.717, 1.165) is 47.8 Å². The number of hydrogen-bond donors (Lipinski definition) is 3. The molecule has 3 aromatic rings. The summed E-state index contributed by atoms with van der Waals surface area (Å²) < 4.78 is 0. The van der Waals surface area contributed by atoms with E-state index in [0.29, 0.717) is 11.4 Å². The van der Waals surface area contributed by atoms with Crippen molar-refractivity contribution in [1.82, 2.24) is 15.3 Å². The van der Waals surface area contributed by atoms with Crippen LogP contribution in [0.4, 0.5) is 11.5 Å². The number of nitrogens with one attached hydrogen (secondary N) is 1. The zero-order valence-corrected chi connectivity index (χ0v) is 21.7. The molecule has 6 rings (SSSR count). The van der Waals surface area contributed by atoms with Gasteiger partial charge in [0, 0.05) is 40.8 Å². The third kappa shape index (κ3) is 4.20. The minimum absolute atomic E-state index is 0. The highest BCUT2D eigenvalue weighted by Gasteiger charge is 2.50. The van der Waals surface area contributed by atoms with E-state index in [1.165, 1.54) is 5.56 Å². The number of rotatable bonds is 3. The van der Waals surface area contributed by atoms with Gasteiger partial charge in [-0.15, -0.1) is 24.8 Å². The normalized spacial score (nSPS) is 27.2. The number of hydrogen-bond acceptors (Lipinski definition) is 6. The molecule has 0 amide bonds. The average molecular weight is 536 g/mol. The summed E-state index contributed by atoms with van der Waals surface area (Å²) in [4.78, 5) is 11.4. The molecule has 1 saturated heterocycles. The predicted octanol–water partition coefficient (Wildman–Crippen LogP) is 5.00. The number of halogens is 3. The molecule has 0 radical (unpaired) electrons. The van der Waals surface area contributed by atoms with Gasteiger partial charge in [0.05, 0.1) is 17.9 Å². The largest absolute Gasteiger partial charge is 0.387 e. The highest BCUT2D eigenvalue weighted by molar-refractivity contribution is 6.30. The zero-order chi connectivity index (χ0) is 22.7. The number of nitrogens with zero attached hydrogens (tertiary/aromatic N) is 3. The summed E-state index contributed by atoms with van der Waals surface area (Å²) in [6.45, 7) is 3.69. The van der Waals surface area contributed by atoms with Gasteiger partial charge in [-0.25, -0.2) is 9.97 Å². The van der Waals surface area contributed by atoms with E-state index in [-0.39, 0.29) is 42.2 Å². The maximum atomic E-state index is 11.1. The van der Waals surface area contributed by atoms with Crippen LogP contribution in [-0.4, -0.2) is 39.3 Å². The number of benzene rings is 2. The Kier molecular flexibility index (Phi) is 7.36. The van der Waals surface area contributed by atoms with Crippen molar-refractivity contribution >= 4 is 47.9 Å². The molecule has 9 heteroatoms. The molecule has 186 valence electrons. The second-order valence-corrected chi connectivity index (χ2v) is 10.2. The van der Waals surface area contributed by atoms with Gasteiger partial charge in [0.2, 0.25) is 0 Å². The van der Waals surface area contributed by atoms with Crippen molar-refractivity contribution < 1.29 is 10.2 Å². The van der Waals surface area contributed by atoms with Crippen molar-refractivity contribution in [2.24, 2.45) is 0 Å². The smallest absolute Gasteiger partial charge is 0.140 e. The summed E-state index contributed by atoms with van der Waals surface area (Å²) in [6.07, 6.45) is 1.93. The molecule has 1 aliphatic carbocycles. The van der Waals surface area contributed by atoms with Gasteiger partial charge >= 0.3 is 0 Å². The second-order valence-electron chi connectivity index (χ2n) is 9.72. The van der Waals surface area contributed by atoms with Gasteiger partial charge < -0.3 is 20.4 Å². The summed E-state index contributed by atoms with van der Waals surface area (Å²) in [7, 11) is 0. The molecule has 3 aliphatic rings.